The van der Waals surface area contributed by atoms with Crippen molar-refractivity contribution in [2.24, 2.45) is 5.92 Å². The highest BCUT2D eigenvalue weighted by atomic mass is 19.3. The van der Waals surface area contributed by atoms with Gasteiger partial charge in [-0.1, -0.05) is 6.92 Å². The number of nitrogens with one attached hydrogen (secondary N) is 2. The molecule has 9 heteroatoms. The standard InChI is InChI=1S/C16H15F2N5O2/c1-2-7-6-23-14(20-7)10(8-3-9(8)13(17)18)4-12(22-23)11-5-19-16(25)21-15(11)24/h4-6,8-9,13H,2-3H2,1H3,(H2,19,21,24,25)/t8-,9-/m0/s1. The minimum atomic E-state index is -2.39. The van der Waals surface area contributed by atoms with Crippen LogP contribution < -0.4 is 11.2 Å². The normalized spacial score (nSPS) is 19.7. The van der Waals surface area contributed by atoms with E-state index >= 15 is 0 Å². The Hall–Kier alpha value is -2.84. The fraction of sp³-hybridized carbons (Fsp3) is 0.375. The van der Waals surface area contributed by atoms with Gasteiger partial charge in [-0.15, -0.1) is 0 Å². The van der Waals surface area contributed by atoms with Crippen molar-refractivity contribution in [3.05, 3.63) is 50.6 Å². The second kappa shape index (κ2) is 5.61. The molecule has 1 aliphatic rings. The van der Waals surface area contributed by atoms with E-state index in [-0.39, 0.29) is 11.5 Å². The second-order valence-electron chi connectivity index (χ2n) is 6.16. The molecule has 0 bridgehead atoms. The number of rotatable bonds is 4. The molecule has 1 aliphatic carbocycles. The van der Waals surface area contributed by atoms with Crippen molar-refractivity contribution in [3.63, 3.8) is 0 Å². The van der Waals surface area contributed by atoms with Crippen molar-refractivity contribution in [2.75, 3.05) is 0 Å². The zero-order valence-corrected chi connectivity index (χ0v) is 13.3. The van der Waals surface area contributed by atoms with Crippen molar-refractivity contribution in [3.8, 4) is 11.3 Å². The first-order valence-electron chi connectivity index (χ1n) is 7.97. The molecule has 3 aromatic heterocycles. The fourth-order valence-corrected chi connectivity index (χ4v) is 3.07. The Labute approximate surface area is 139 Å². The molecule has 0 spiro atoms. The number of aromatic nitrogens is 5. The summed E-state index contributed by atoms with van der Waals surface area (Å²) in [7, 11) is 0. The van der Waals surface area contributed by atoms with Gasteiger partial charge in [0.1, 0.15) is 0 Å². The molecule has 0 radical (unpaired) electrons. The largest absolute Gasteiger partial charge is 0.325 e. The monoisotopic (exact) mass is 347 g/mol. The molecule has 1 fully saturated rings. The maximum absolute atomic E-state index is 13.0. The van der Waals surface area contributed by atoms with Gasteiger partial charge in [-0.05, 0) is 24.8 Å². The van der Waals surface area contributed by atoms with E-state index < -0.39 is 23.6 Å². The fourth-order valence-electron chi connectivity index (χ4n) is 3.07. The van der Waals surface area contributed by atoms with E-state index in [0.717, 1.165) is 5.69 Å². The molecular formula is C16H15F2N5O2. The summed E-state index contributed by atoms with van der Waals surface area (Å²) in [6, 6.07) is 1.62. The first kappa shape index (κ1) is 15.7. The van der Waals surface area contributed by atoms with Gasteiger partial charge in [0.2, 0.25) is 6.43 Å². The molecule has 3 aromatic rings. The first-order chi connectivity index (χ1) is 12.0. The lowest BCUT2D eigenvalue weighted by molar-refractivity contribution is 0.120. The van der Waals surface area contributed by atoms with Crippen LogP contribution in [0.1, 0.15) is 30.5 Å². The number of halogens is 2. The number of imidazole rings is 1. The summed E-state index contributed by atoms with van der Waals surface area (Å²) < 4.78 is 27.6. The van der Waals surface area contributed by atoms with Gasteiger partial charge in [0.05, 0.1) is 23.1 Å². The van der Waals surface area contributed by atoms with E-state index in [1.807, 2.05) is 6.92 Å². The predicted octanol–water partition coefficient (Wildman–Crippen LogP) is 1.70. The van der Waals surface area contributed by atoms with E-state index in [2.05, 4.69) is 20.1 Å². The molecule has 0 aromatic carbocycles. The predicted molar refractivity (Wildman–Crippen MR) is 85.9 cm³/mol. The molecule has 0 unspecified atom stereocenters. The summed E-state index contributed by atoms with van der Waals surface area (Å²) in [6.45, 7) is 1.94. The highest BCUT2D eigenvalue weighted by Gasteiger charge is 2.46. The van der Waals surface area contributed by atoms with Crippen molar-refractivity contribution in [2.45, 2.75) is 32.1 Å². The third kappa shape index (κ3) is 2.65. The number of alkyl halides is 2. The van der Waals surface area contributed by atoms with Crippen LogP contribution in [-0.4, -0.2) is 31.0 Å². The van der Waals surface area contributed by atoms with Crippen molar-refractivity contribution in [1.82, 2.24) is 24.6 Å². The summed E-state index contributed by atoms with van der Waals surface area (Å²) in [5.41, 5.74) is 1.25. The molecule has 4 rings (SSSR count). The third-order valence-corrected chi connectivity index (χ3v) is 4.52. The molecular weight excluding hydrogens is 332 g/mol. The van der Waals surface area contributed by atoms with Gasteiger partial charge in [0, 0.05) is 17.7 Å². The maximum Gasteiger partial charge on any atom is 0.325 e. The van der Waals surface area contributed by atoms with Crippen LogP contribution in [0.2, 0.25) is 0 Å². The Kier molecular flexibility index (Phi) is 3.52. The zero-order valence-electron chi connectivity index (χ0n) is 13.3. The minimum Gasteiger partial charge on any atom is -0.313 e. The Bertz CT molecular complexity index is 1070. The van der Waals surface area contributed by atoms with Gasteiger partial charge >= 0.3 is 5.69 Å². The number of aryl methyl sites for hydroxylation is 1. The van der Waals surface area contributed by atoms with E-state index in [9.17, 15) is 18.4 Å². The molecule has 2 N–H and O–H groups in total. The van der Waals surface area contributed by atoms with Crippen LogP contribution in [0.5, 0.6) is 0 Å². The van der Waals surface area contributed by atoms with Gasteiger partial charge in [-0.2, -0.15) is 5.10 Å². The molecule has 0 aliphatic heterocycles. The van der Waals surface area contributed by atoms with Gasteiger partial charge in [0.15, 0.2) is 5.65 Å². The molecule has 25 heavy (non-hydrogen) atoms. The van der Waals surface area contributed by atoms with Crippen LogP contribution in [0.15, 0.2) is 28.0 Å². The van der Waals surface area contributed by atoms with Crippen molar-refractivity contribution >= 4 is 5.65 Å². The summed E-state index contributed by atoms with van der Waals surface area (Å²) in [6.07, 6.45) is 1.67. The number of hydrogen-bond donors (Lipinski definition) is 2. The first-order valence-corrected chi connectivity index (χ1v) is 7.97. The Morgan fingerprint density at radius 1 is 1.40 bits per heavy atom. The van der Waals surface area contributed by atoms with Crippen LogP contribution in [-0.2, 0) is 6.42 Å². The Morgan fingerprint density at radius 3 is 2.84 bits per heavy atom. The molecule has 7 nitrogen and oxygen atoms in total. The average molecular weight is 347 g/mol. The van der Waals surface area contributed by atoms with Crippen LogP contribution in [0.3, 0.4) is 0 Å². The van der Waals surface area contributed by atoms with Gasteiger partial charge in [-0.25, -0.2) is 23.1 Å². The van der Waals surface area contributed by atoms with Gasteiger partial charge in [0.25, 0.3) is 5.56 Å². The molecule has 3 heterocycles. The highest BCUT2D eigenvalue weighted by Crippen LogP contribution is 2.52. The highest BCUT2D eigenvalue weighted by molar-refractivity contribution is 5.63. The summed E-state index contributed by atoms with van der Waals surface area (Å²) >= 11 is 0. The number of hydrogen-bond acceptors (Lipinski definition) is 4. The van der Waals surface area contributed by atoms with E-state index in [4.69, 9.17) is 0 Å². The van der Waals surface area contributed by atoms with Gasteiger partial charge in [-0.3, -0.25) is 9.78 Å². The Balaban J connectivity index is 1.91. The number of H-pyrrole nitrogens is 2. The number of nitrogens with zero attached hydrogens (tertiary/aromatic N) is 3. The molecule has 2 atom stereocenters. The number of aromatic amines is 2. The van der Waals surface area contributed by atoms with Crippen molar-refractivity contribution in [1.29, 1.82) is 0 Å². The third-order valence-electron chi connectivity index (χ3n) is 4.52. The van der Waals surface area contributed by atoms with Crippen LogP contribution in [0.25, 0.3) is 16.9 Å². The van der Waals surface area contributed by atoms with E-state index in [0.29, 0.717) is 29.7 Å². The summed E-state index contributed by atoms with van der Waals surface area (Å²) in [5.74, 6) is -1.01. The summed E-state index contributed by atoms with van der Waals surface area (Å²) in [5, 5.41) is 4.37. The molecule has 0 amide bonds. The van der Waals surface area contributed by atoms with Crippen LogP contribution in [0, 0.1) is 5.92 Å². The zero-order chi connectivity index (χ0) is 17.7. The Morgan fingerprint density at radius 2 is 2.20 bits per heavy atom. The molecule has 0 saturated heterocycles. The van der Waals surface area contributed by atoms with Gasteiger partial charge < -0.3 is 4.98 Å². The van der Waals surface area contributed by atoms with Crippen LogP contribution >= 0.6 is 0 Å². The topological polar surface area (TPSA) is 95.9 Å². The number of fused-ring (bicyclic) bond motifs is 1. The second-order valence-corrected chi connectivity index (χ2v) is 6.16. The summed E-state index contributed by atoms with van der Waals surface area (Å²) in [4.78, 5) is 32.3. The lowest BCUT2D eigenvalue weighted by Crippen LogP contribution is -2.23. The quantitative estimate of drug-likeness (QED) is 0.751. The smallest absolute Gasteiger partial charge is 0.313 e. The molecule has 130 valence electrons. The SMILES string of the molecule is CCc1cn2nc(-c3c[nH]c(=O)[nH]c3=O)cc([C@H]3C[C@@H]3C(F)F)c2n1. The lowest BCUT2D eigenvalue weighted by atomic mass is 10.1. The molecule has 1 saturated carbocycles. The minimum absolute atomic E-state index is 0.170. The average Bonchev–Trinajstić information content (AvgIpc) is 3.26. The van der Waals surface area contributed by atoms with E-state index in [1.165, 1.54) is 10.7 Å². The van der Waals surface area contributed by atoms with Crippen molar-refractivity contribution < 1.29 is 8.78 Å². The maximum atomic E-state index is 13.0. The lowest BCUT2D eigenvalue weighted by Gasteiger charge is -2.07. The van der Waals surface area contributed by atoms with Crippen LogP contribution in [0.4, 0.5) is 8.78 Å². The van der Waals surface area contributed by atoms with E-state index in [1.54, 1.807) is 12.3 Å².